The molecular formula is C25H35N7O7S. The first kappa shape index (κ1) is 32.1. The molecule has 0 saturated carbocycles. The molecule has 218 valence electrons. The summed E-state index contributed by atoms with van der Waals surface area (Å²) in [7, 11) is 0. The molecule has 1 heterocycles. The number of primary amides is 1. The molecular weight excluding hydrogens is 542 g/mol. The second-order valence-electron chi connectivity index (χ2n) is 9.07. The van der Waals surface area contributed by atoms with Gasteiger partial charge in [0.1, 0.15) is 23.9 Å². The summed E-state index contributed by atoms with van der Waals surface area (Å²) >= 11 is 1.50. The molecule has 0 aliphatic heterocycles. The molecule has 0 aliphatic rings. The number of nitrogens with zero attached hydrogens (tertiary/aromatic N) is 1. The molecule has 10 N–H and O–H groups in total. The lowest BCUT2D eigenvalue weighted by Crippen LogP contribution is -2.58. The Morgan fingerprint density at radius 2 is 1.57 bits per heavy atom. The highest BCUT2D eigenvalue weighted by molar-refractivity contribution is 7.98. The highest BCUT2D eigenvalue weighted by atomic mass is 32.2. The smallest absolute Gasteiger partial charge is 0.326 e. The number of phenolic OH excluding ortho intramolecular Hbond substituents is 1. The molecule has 4 atom stereocenters. The second-order valence-corrected chi connectivity index (χ2v) is 10.1. The molecule has 0 radical (unpaired) electrons. The summed E-state index contributed by atoms with van der Waals surface area (Å²) in [5.74, 6) is -3.56. The van der Waals surface area contributed by atoms with Crippen molar-refractivity contribution in [3.8, 4) is 5.75 Å². The van der Waals surface area contributed by atoms with Crippen molar-refractivity contribution < 1.29 is 34.2 Å². The number of H-pyrrole nitrogens is 1. The van der Waals surface area contributed by atoms with Crippen LogP contribution >= 0.6 is 11.8 Å². The Bertz CT molecular complexity index is 1140. The summed E-state index contributed by atoms with van der Waals surface area (Å²) in [6.45, 7) is 0. The number of aliphatic carboxylic acids is 1. The van der Waals surface area contributed by atoms with E-state index in [0.717, 1.165) is 0 Å². The van der Waals surface area contributed by atoms with Gasteiger partial charge in [0.05, 0.1) is 12.4 Å². The number of benzene rings is 1. The summed E-state index contributed by atoms with van der Waals surface area (Å²) in [5.41, 5.74) is 12.2. The number of phenols is 1. The van der Waals surface area contributed by atoms with E-state index in [2.05, 4.69) is 25.9 Å². The fourth-order valence-electron chi connectivity index (χ4n) is 3.65. The van der Waals surface area contributed by atoms with Crippen LogP contribution in [0.4, 0.5) is 0 Å². The minimum absolute atomic E-state index is 0.00480. The van der Waals surface area contributed by atoms with Crippen LogP contribution in [0.25, 0.3) is 0 Å². The molecule has 0 fully saturated rings. The number of hydrogen-bond donors (Lipinski definition) is 8. The summed E-state index contributed by atoms with van der Waals surface area (Å²) in [6.07, 6.45) is 4.52. The van der Waals surface area contributed by atoms with Gasteiger partial charge in [-0.1, -0.05) is 12.1 Å². The van der Waals surface area contributed by atoms with E-state index >= 15 is 0 Å². The minimum Gasteiger partial charge on any atom is -0.508 e. The van der Waals surface area contributed by atoms with E-state index in [1.807, 2.05) is 6.26 Å². The molecule has 2 rings (SSSR count). The lowest BCUT2D eigenvalue weighted by Gasteiger charge is -2.25. The third kappa shape index (κ3) is 10.9. The number of aromatic amines is 1. The van der Waals surface area contributed by atoms with Gasteiger partial charge in [-0.05, 0) is 42.5 Å². The minimum atomic E-state index is -1.35. The third-order valence-corrected chi connectivity index (χ3v) is 6.53. The van der Waals surface area contributed by atoms with Gasteiger partial charge in [0.15, 0.2) is 0 Å². The van der Waals surface area contributed by atoms with E-state index in [-0.39, 0.29) is 31.4 Å². The largest absolute Gasteiger partial charge is 0.508 e. The number of carboxylic acids is 1. The van der Waals surface area contributed by atoms with Gasteiger partial charge < -0.3 is 42.6 Å². The molecule has 1 aromatic heterocycles. The van der Waals surface area contributed by atoms with Crippen LogP contribution in [0.1, 0.15) is 30.5 Å². The maximum atomic E-state index is 13.3. The standard InChI is InChI=1S/C25H35N7O7S/c1-40-9-8-17(26)22(35)30-18(6-7-21(27)34)23(36)31-19(11-15-12-28-13-29-15)24(37)32-20(25(38)39)10-14-2-4-16(33)5-3-14/h2-5,12-13,17-20,33H,6-11,26H2,1H3,(H2,27,34)(H,28,29)(H,30,35)(H,31,36)(H,32,37)(H,38,39). The predicted molar refractivity (Wildman–Crippen MR) is 147 cm³/mol. The zero-order valence-electron chi connectivity index (χ0n) is 22.0. The highest BCUT2D eigenvalue weighted by Gasteiger charge is 2.31. The van der Waals surface area contributed by atoms with E-state index in [1.54, 1.807) is 0 Å². The topological polar surface area (TPSA) is 243 Å². The predicted octanol–water partition coefficient (Wildman–Crippen LogP) is -1.21. The average molecular weight is 578 g/mol. The lowest BCUT2D eigenvalue weighted by molar-refractivity contribution is -0.142. The number of aromatic hydroxyl groups is 1. The lowest BCUT2D eigenvalue weighted by atomic mass is 10.0. The number of nitrogens with one attached hydrogen (secondary N) is 4. The molecule has 4 unspecified atom stereocenters. The highest BCUT2D eigenvalue weighted by Crippen LogP contribution is 2.12. The molecule has 2 aromatic rings. The first-order valence-electron chi connectivity index (χ1n) is 12.4. The van der Waals surface area contributed by atoms with Crippen LogP contribution in [0.2, 0.25) is 0 Å². The molecule has 40 heavy (non-hydrogen) atoms. The number of hydrogen-bond acceptors (Lipinski definition) is 9. The molecule has 0 aliphatic carbocycles. The van der Waals surface area contributed by atoms with Crippen molar-refractivity contribution in [1.29, 1.82) is 0 Å². The zero-order valence-corrected chi connectivity index (χ0v) is 22.8. The maximum Gasteiger partial charge on any atom is 0.326 e. The van der Waals surface area contributed by atoms with Gasteiger partial charge in [0, 0.05) is 31.2 Å². The van der Waals surface area contributed by atoms with Crippen molar-refractivity contribution in [3.05, 3.63) is 48.0 Å². The quantitative estimate of drug-likeness (QED) is 0.111. The molecule has 14 nitrogen and oxygen atoms in total. The van der Waals surface area contributed by atoms with Crippen LogP contribution in [-0.2, 0) is 36.8 Å². The second kappa shape index (κ2) is 16.1. The Labute approximate surface area is 235 Å². The third-order valence-electron chi connectivity index (χ3n) is 5.88. The van der Waals surface area contributed by atoms with Crippen molar-refractivity contribution in [3.63, 3.8) is 0 Å². The van der Waals surface area contributed by atoms with Crippen LogP contribution in [0.5, 0.6) is 5.75 Å². The van der Waals surface area contributed by atoms with Gasteiger partial charge in [-0.15, -0.1) is 0 Å². The Morgan fingerprint density at radius 3 is 2.15 bits per heavy atom. The first-order valence-corrected chi connectivity index (χ1v) is 13.8. The van der Waals surface area contributed by atoms with Gasteiger partial charge in [-0.25, -0.2) is 9.78 Å². The number of thioether (sulfide) groups is 1. The van der Waals surface area contributed by atoms with Crippen molar-refractivity contribution in [2.75, 3.05) is 12.0 Å². The van der Waals surface area contributed by atoms with Crippen LogP contribution in [0.15, 0.2) is 36.8 Å². The van der Waals surface area contributed by atoms with Gasteiger partial charge in [0.2, 0.25) is 23.6 Å². The van der Waals surface area contributed by atoms with Gasteiger partial charge in [0.25, 0.3) is 0 Å². The fourth-order valence-corrected chi connectivity index (χ4v) is 4.14. The fraction of sp³-hybridized carbons (Fsp3) is 0.440. The Balaban J connectivity index is 2.21. The summed E-state index contributed by atoms with van der Waals surface area (Å²) < 4.78 is 0. The number of carboxylic acid groups (broad SMARTS) is 1. The van der Waals surface area contributed by atoms with E-state index in [4.69, 9.17) is 11.5 Å². The van der Waals surface area contributed by atoms with Gasteiger partial charge >= 0.3 is 5.97 Å². The van der Waals surface area contributed by atoms with E-state index < -0.39 is 53.8 Å². The van der Waals surface area contributed by atoms with Crippen molar-refractivity contribution in [1.82, 2.24) is 25.9 Å². The first-order chi connectivity index (χ1) is 19.0. The molecule has 1 aromatic carbocycles. The number of amides is 4. The SMILES string of the molecule is CSCCC(N)C(=O)NC(CCC(N)=O)C(=O)NC(Cc1cnc[nH]1)C(=O)NC(Cc1ccc(O)cc1)C(=O)O. The van der Waals surface area contributed by atoms with Crippen LogP contribution < -0.4 is 27.4 Å². The normalized spacial score (nSPS) is 13.8. The van der Waals surface area contributed by atoms with E-state index in [0.29, 0.717) is 23.4 Å². The summed E-state index contributed by atoms with van der Waals surface area (Å²) in [6, 6.07) is 1.09. The van der Waals surface area contributed by atoms with E-state index in [9.17, 15) is 34.2 Å². The molecule has 4 amide bonds. The number of nitrogens with two attached hydrogens (primary N) is 2. The molecule has 15 heteroatoms. The monoisotopic (exact) mass is 577 g/mol. The van der Waals surface area contributed by atoms with Crippen LogP contribution in [0, 0.1) is 0 Å². The average Bonchev–Trinajstić information content (AvgIpc) is 3.42. The number of carbonyl (C=O) groups excluding carboxylic acids is 4. The Hall–Kier alpha value is -4.11. The molecule has 0 bridgehead atoms. The number of carbonyl (C=O) groups is 5. The Kier molecular flexibility index (Phi) is 12.9. The maximum absolute atomic E-state index is 13.3. The molecule has 0 saturated heterocycles. The van der Waals surface area contributed by atoms with E-state index in [1.165, 1.54) is 48.6 Å². The molecule has 0 spiro atoms. The number of rotatable bonds is 17. The van der Waals surface area contributed by atoms with Crippen molar-refractivity contribution in [2.45, 2.75) is 56.3 Å². The summed E-state index contributed by atoms with van der Waals surface area (Å²) in [5, 5.41) is 26.7. The zero-order chi connectivity index (χ0) is 29.7. The van der Waals surface area contributed by atoms with Gasteiger partial charge in [-0.3, -0.25) is 19.2 Å². The van der Waals surface area contributed by atoms with Crippen LogP contribution in [-0.4, -0.2) is 86.0 Å². The number of imidazole rings is 1. The van der Waals surface area contributed by atoms with Crippen molar-refractivity contribution >= 4 is 41.4 Å². The van der Waals surface area contributed by atoms with Gasteiger partial charge in [-0.2, -0.15) is 11.8 Å². The van der Waals surface area contributed by atoms with Crippen molar-refractivity contribution in [2.24, 2.45) is 11.5 Å². The Morgan fingerprint density at radius 1 is 0.950 bits per heavy atom. The summed E-state index contributed by atoms with van der Waals surface area (Å²) in [4.78, 5) is 69.1. The number of aromatic nitrogens is 2. The van der Waals surface area contributed by atoms with Crippen LogP contribution in [0.3, 0.4) is 0 Å².